The summed E-state index contributed by atoms with van der Waals surface area (Å²) in [5.41, 5.74) is 0.615. The minimum absolute atomic E-state index is 0.135. The number of halogens is 1. The lowest BCUT2D eigenvalue weighted by atomic mass is 10.4. The van der Waals surface area contributed by atoms with E-state index < -0.39 is 0 Å². The first kappa shape index (κ1) is 14.9. The first-order chi connectivity index (χ1) is 10.6. The summed E-state index contributed by atoms with van der Waals surface area (Å²) in [5.74, 6) is 6.59. The molecule has 2 aromatic rings. The molecule has 3 rings (SSSR count). The maximum absolute atomic E-state index is 12.5. The average molecular weight is 321 g/mol. The van der Waals surface area contributed by atoms with Gasteiger partial charge in [0.2, 0.25) is 11.2 Å². The molecule has 0 atom stereocenters. The smallest absolute Gasteiger partial charge is 0.280 e. The van der Waals surface area contributed by atoms with Gasteiger partial charge >= 0.3 is 0 Å². The number of fused-ring (bicyclic) bond motifs is 1. The molecule has 0 spiro atoms. The SMILES string of the molecule is CC#CCn1c(N2CCNCC2)nc2nc(Cl)n(C)c(=O)c21. The van der Waals surface area contributed by atoms with Crippen LogP contribution in [0.3, 0.4) is 0 Å². The van der Waals surface area contributed by atoms with Crippen LogP contribution >= 0.6 is 11.6 Å². The summed E-state index contributed by atoms with van der Waals surface area (Å²) in [7, 11) is 1.60. The van der Waals surface area contributed by atoms with Crippen LogP contribution in [0.1, 0.15) is 6.92 Å². The fourth-order valence-corrected chi connectivity index (χ4v) is 2.69. The van der Waals surface area contributed by atoms with E-state index in [0.29, 0.717) is 17.7 Å². The second-order valence-electron chi connectivity index (χ2n) is 5.08. The van der Waals surface area contributed by atoms with E-state index >= 15 is 0 Å². The molecule has 1 fully saturated rings. The Bertz CT molecular complexity index is 822. The maximum Gasteiger partial charge on any atom is 0.280 e. The van der Waals surface area contributed by atoms with Crippen molar-refractivity contribution in [2.24, 2.45) is 7.05 Å². The standard InChI is InChI=1S/C14H17ClN6O/c1-3-4-7-21-10-11(17-13(15)19(2)12(10)22)18-14(21)20-8-5-16-6-9-20/h16H,5-9H2,1-2H3. The van der Waals surface area contributed by atoms with Crippen molar-refractivity contribution in [2.75, 3.05) is 31.1 Å². The van der Waals surface area contributed by atoms with Crippen molar-refractivity contribution < 1.29 is 0 Å². The lowest BCUT2D eigenvalue weighted by molar-refractivity contribution is 0.573. The van der Waals surface area contributed by atoms with Gasteiger partial charge in [-0.1, -0.05) is 5.92 Å². The van der Waals surface area contributed by atoms with Gasteiger partial charge in [-0.15, -0.1) is 5.92 Å². The molecule has 22 heavy (non-hydrogen) atoms. The van der Waals surface area contributed by atoms with Gasteiger partial charge in [0.05, 0.1) is 6.54 Å². The summed E-state index contributed by atoms with van der Waals surface area (Å²) in [5, 5.41) is 3.44. The van der Waals surface area contributed by atoms with Gasteiger partial charge in [0.15, 0.2) is 11.2 Å². The van der Waals surface area contributed by atoms with Gasteiger partial charge in [-0.2, -0.15) is 9.97 Å². The summed E-state index contributed by atoms with van der Waals surface area (Å²) in [6.45, 7) is 5.61. The van der Waals surface area contributed by atoms with E-state index in [1.807, 2.05) is 4.57 Å². The molecule has 0 amide bonds. The van der Waals surface area contributed by atoms with Crippen molar-refractivity contribution >= 4 is 28.7 Å². The lowest BCUT2D eigenvalue weighted by Crippen LogP contribution is -2.44. The third kappa shape index (κ3) is 2.45. The molecule has 0 aliphatic carbocycles. The molecular weight excluding hydrogens is 304 g/mol. The van der Waals surface area contributed by atoms with Crippen molar-refractivity contribution in [1.82, 2.24) is 24.4 Å². The molecule has 2 aromatic heterocycles. The Morgan fingerprint density at radius 3 is 2.73 bits per heavy atom. The van der Waals surface area contributed by atoms with Crippen molar-refractivity contribution in [3.05, 3.63) is 15.6 Å². The van der Waals surface area contributed by atoms with Crippen LogP contribution in [0.25, 0.3) is 11.2 Å². The first-order valence-electron chi connectivity index (χ1n) is 7.11. The Morgan fingerprint density at radius 1 is 1.32 bits per heavy atom. The first-order valence-corrected chi connectivity index (χ1v) is 7.49. The largest absolute Gasteiger partial charge is 0.340 e. The van der Waals surface area contributed by atoms with Gasteiger partial charge in [0.25, 0.3) is 5.56 Å². The zero-order chi connectivity index (χ0) is 15.7. The number of rotatable bonds is 2. The van der Waals surface area contributed by atoms with E-state index in [1.165, 1.54) is 4.57 Å². The van der Waals surface area contributed by atoms with Gasteiger partial charge in [-0.05, 0) is 18.5 Å². The van der Waals surface area contributed by atoms with Crippen molar-refractivity contribution in [3.63, 3.8) is 0 Å². The third-order valence-corrected chi connectivity index (χ3v) is 4.06. The topological polar surface area (TPSA) is 68.0 Å². The number of nitrogens with zero attached hydrogens (tertiary/aromatic N) is 5. The summed E-state index contributed by atoms with van der Waals surface area (Å²) < 4.78 is 3.16. The van der Waals surface area contributed by atoms with Gasteiger partial charge < -0.3 is 10.2 Å². The molecule has 8 heteroatoms. The summed E-state index contributed by atoms with van der Waals surface area (Å²) in [4.78, 5) is 23.4. The van der Waals surface area contributed by atoms with Crippen molar-refractivity contribution in [1.29, 1.82) is 0 Å². The third-order valence-electron chi connectivity index (χ3n) is 3.72. The minimum atomic E-state index is -0.207. The van der Waals surface area contributed by atoms with Crippen LogP contribution in [0.2, 0.25) is 5.28 Å². The van der Waals surface area contributed by atoms with E-state index in [1.54, 1.807) is 14.0 Å². The maximum atomic E-state index is 12.5. The Kier molecular flexibility index (Phi) is 4.05. The zero-order valence-corrected chi connectivity index (χ0v) is 13.3. The van der Waals surface area contributed by atoms with Crippen LogP contribution in [-0.4, -0.2) is 45.3 Å². The van der Waals surface area contributed by atoms with Crippen LogP contribution in [0.4, 0.5) is 5.95 Å². The van der Waals surface area contributed by atoms with Crippen molar-refractivity contribution in [3.8, 4) is 11.8 Å². The predicted octanol–water partition coefficient (Wildman–Crippen LogP) is 0.216. The molecule has 1 N–H and O–H groups in total. The number of hydrogen-bond donors (Lipinski definition) is 1. The molecule has 0 radical (unpaired) electrons. The normalized spacial score (nSPS) is 15.0. The summed E-state index contributed by atoms with van der Waals surface area (Å²) >= 11 is 6.00. The molecule has 7 nitrogen and oxygen atoms in total. The highest BCUT2D eigenvalue weighted by Gasteiger charge is 2.22. The molecule has 3 heterocycles. The van der Waals surface area contributed by atoms with E-state index in [0.717, 1.165) is 32.1 Å². The Hall–Kier alpha value is -2.04. The molecule has 0 unspecified atom stereocenters. The Labute approximate surface area is 132 Å². The van der Waals surface area contributed by atoms with E-state index in [4.69, 9.17) is 11.6 Å². The molecule has 0 saturated carbocycles. The molecule has 0 aromatic carbocycles. The summed E-state index contributed by atoms with van der Waals surface area (Å²) in [6, 6.07) is 0. The molecular formula is C14H17ClN6O. The predicted molar refractivity (Wildman–Crippen MR) is 86.3 cm³/mol. The van der Waals surface area contributed by atoms with E-state index in [9.17, 15) is 4.79 Å². The number of hydrogen-bond acceptors (Lipinski definition) is 5. The molecule has 116 valence electrons. The van der Waals surface area contributed by atoms with Crippen LogP contribution in [0, 0.1) is 11.8 Å². The summed E-state index contributed by atoms with van der Waals surface area (Å²) in [6.07, 6.45) is 0. The molecule has 1 saturated heterocycles. The Balaban J connectivity index is 2.23. The lowest BCUT2D eigenvalue weighted by Gasteiger charge is -2.28. The van der Waals surface area contributed by atoms with Gasteiger partial charge in [0, 0.05) is 33.2 Å². The fourth-order valence-electron chi connectivity index (χ4n) is 2.54. The number of anilines is 1. The second-order valence-corrected chi connectivity index (χ2v) is 5.42. The van der Waals surface area contributed by atoms with Crippen LogP contribution in [-0.2, 0) is 13.6 Å². The van der Waals surface area contributed by atoms with Crippen LogP contribution in [0.15, 0.2) is 4.79 Å². The van der Waals surface area contributed by atoms with E-state index in [-0.39, 0.29) is 10.8 Å². The average Bonchev–Trinajstić information content (AvgIpc) is 2.90. The van der Waals surface area contributed by atoms with E-state index in [2.05, 4.69) is 32.0 Å². The van der Waals surface area contributed by atoms with Crippen molar-refractivity contribution in [2.45, 2.75) is 13.5 Å². The molecule has 0 bridgehead atoms. The van der Waals surface area contributed by atoms with Gasteiger partial charge in [-0.3, -0.25) is 13.9 Å². The van der Waals surface area contributed by atoms with Crippen LogP contribution in [0.5, 0.6) is 0 Å². The highest BCUT2D eigenvalue weighted by molar-refractivity contribution is 6.28. The highest BCUT2D eigenvalue weighted by Crippen LogP contribution is 2.20. The highest BCUT2D eigenvalue weighted by atomic mass is 35.5. The fraction of sp³-hybridized carbons (Fsp3) is 0.500. The van der Waals surface area contributed by atoms with Gasteiger partial charge in [-0.25, -0.2) is 0 Å². The second kappa shape index (κ2) is 5.99. The quantitative estimate of drug-likeness (QED) is 0.633. The number of imidazole rings is 1. The molecule has 1 aliphatic heterocycles. The zero-order valence-electron chi connectivity index (χ0n) is 12.6. The minimum Gasteiger partial charge on any atom is -0.340 e. The number of aromatic nitrogens is 4. The number of nitrogens with one attached hydrogen (secondary N) is 1. The Morgan fingerprint density at radius 2 is 2.05 bits per heavy atom. The number of piperazine rings is 1. The monoisotopic (exact) mass is 320 g/mol. The molecule has 1 aliphatic rings. The van der Waals surface area contributed by atoms with Crippen LogP contribution < -0.4 is 15.8 Å². The van der Waals surface area contributed by atoms with Gasteiger partial charge in [0.1, 0.15) is 0 Å².